The second kappa shape index (κ2) is 6.82. The summed E-state index contributed by atoms with van der Waals surface area (Å²) in [6.45, 7) is 0.266. The third-order valence-corrected chi connectivity index (χ3v) is 3.50. The largest absolute Gasteiger partial charge is 0.415 e. The molecule has 0 aliphatic carbocycles. The number of halogens is 2. The minimum absolute atomic E-state index is 0.0734. The molecule has 4 aromatic heterocycles. The highest BCUT2D eigenvalue weighted by atomic mass is 19.3. The highest BCUT2D eigenvalue weighted by Crippen LogP contribution is 2.22. The van der Waals surface area contributed by atoms with Crippen LogP contribution in [0.4, 0.5) is 14.6 Å². The summed E-state index contributed by atoms with van der Waals surface area (Å²) in [4.78, 5) is 12.3. The standard InChI is InChI=1S/C15H11F2N9O/c16-13(17)15-24-23-14(27-15)9-4-20-12(21-5-9)7-26-6-10(22-25-26)8-1-2-11(18)19-3-8/h1-6,13H,7H2,(H2,18,19). The van der Waals surface area contributed by atoms with E-state index in [1.165, 1.54) is 12.4 Å². The van der Waals surface area contributed by atoms with Gasteiger partial charge in [0.1, 0.15) is 23.9 Å². The van der Waals surface area contributed by atoms with Crippen molar-refractivity contribution in [2.24, 2.45) is 0 Å². The zero-order chi connectivity index (χ0) is 18.8. The van der Waals surface area contributed by atoms with Crippen LogP contribution < -0.4 is 5.73 Å². The van der Waals surface area contributed by atoms with E-state index in [4.69, 9.17) is 10.2 Å². The van der Waals surface area contributed by atoms with E-state index in [9.17, 15) is 8.78 Å². The predicted molar refractivity (Wildman–Crippen MR) is 87.0 cm³/mol. The summed E-state index contributed by atoms with van der Waals surface area (Å²) < 4.78 is 31.4. The molecule has 27 heavy (non-hydrogen) atoms. The van der Waals surface area contributed by atoms with Gasteiger partial charge >= 0.3 is 6.43 Å². The Morgan fingerprint density at radius 1 is 1.00 bits per heavy atom. The van der Waals surface area contributed by atoms with Gasteiger partial charge in [0.2, 0.25) is 0 Å². The van der Waals surface area contributed by atoms with Gasteiger partial charge in [0.15, 0.2) is 0 Å². The minimum Gasteiger partial charge on any atom is -0.415 e. The van der Waals surface area contributed by atoms with Crippen molar-refractivity contribution in [2.45, 2.75) is 13.0 Å². The lowest BCUT2D eigenvalue weighted by Gasteiger charge is -2.00. The van der Waals surface area contributed by atoms with Gasteiger partial charge in [-0.3, -0.25) is 0 Å². The molecule has 0 fully saturated rings. The van der Waals surface area contributed by atoms with Crippen LogP contribution in [0.5, 0.6) is 0 Å². The SMILES string of the molecule is Nc1ccc(-c2cn(Cc3ncc(-c4nnc(C(F)F)o4)cn3)nn2)cn1. The third kappa shape index (κ3) is 3.58. The first-order valence-corrected chi connectivity index (χ1v) is 7.63. The van der Waals surface area contributed by atoms with Crippen LogP contribution in [0.2, 0.25) is 0 Å². The molecule has 0 radical (unpaired) electrons. The maximum absolute atomic E-state index is 12.5. The van der Waals surface area contributed by atoms with Gasteiger partial charge in [-0.15, -0.1) is 15.3 Å². The van der Waals surface area contributed by atoms with E-state index in [1.807, 2.05) is 0 Å². The van der Waals surface area contributed by atoms with Gasteiger partial charge in [-0.05, 0) is 12.1 Å². The van der Waals surface area contributed by atoms with Crippen LogP contribution in [0.1, 0.15) is 18.1 Å². The number of nitrogen functional groups attached to an aromatic ring is 1. The Labute approximate surface area is 150 Å². The molecule has 136 valence electrons. The molecule has 4 heterocycles. The average molecular weight is 371 g/mol. The summed E-state index contributed by atoms with van der Waals surface area (Å²) in [6.07, 6.45) is 3.31. The van der Waals surface area contributed by atoms with E-state index >= 15 is 0 Å². The van der Waals surface area contributed by atoms with Crippen molar-refractivity contribution in [2.75, 3.05) is 5.73 Å². The number of rotatable bonds is 5. The molecule has 4 aromatic rings. The fourth-order valence-corrected chi connectivity index (χ4v) is 2.20. The van der Waals surface area contributed by atoms with E-state index in [0.29, 0.717) is 22.9 Å². The van der Waals surface area contributed by atoms with E-state index in [-0.39, 0.29) is 12.4 Å². The molecule has 0 bridgehead atoms. The Kier molecular flexibility index (Phi) is 4.20. The summed E-state index contributed by atoms with van der Waals surface area (Å²) in [5, 5.41) is 14.9. The summed E-state index contributed by atoms with van der Waals surface area (Å²) in [6, 6.07) is 3.47. The molecule has 12 heteroatoms. The van der Waals surface area contributed by atoms with Crippen molar-refractivity contribution in [1.29, 1.82) is 0 Å². The van der Waals surface area contributed by atoms with Crippen LogP contribution in [-0.4, -0.2) is 40.1 Å². The molecule has 10 nitrogen and oxygen atoms in total. The molecule has 0 saturated carbocycles. The molecule has 2 N–H and O–H groups in total. The Morgan fingerprint density at radius 3 is 2.44 bits per heavy atom. The molecule has 0 amide bonds. The predicted octanol–water partition coefficient (Wildman–Crippen LogP) is 1.75. The average Bonchev–Trinajstić information content (AvgIpc) is 3.33. The van der Waals surface area contributed by atoms with E-state index < -0.39 is 12.3 Å². The normalized spacial score (nSPS) is 11.2. The highest BCUT2D eigenvalue weighted by Gasteiger charge is 2.17. The molecule has 4 rings (SSSR count). The van der Waals surface area contributed by atoms with E-state index in [1.54, 1.807) is 29.2 Å². The number of hydrogen-bond donors (Lipinski definition) is 1. The number of nitrogens with two attached hydrogens (primary N) is 1. The second-order valence-electron chi connectivity index (χ2n) is 5.41. The van der Waals surface area contributed by atoms with Crippen LogP contribution in [-0.2, 0) is 6.54 Å². The Morgan fingerprint density at radius 2 is 1.78 bits per heavy atom. The molecule has 0 atom stereocenters. The van der Waals surface area contributed by atoms with Crippen molar-refractivity contribution in [3.8, 4) is 22.7 Å². The maximum atomic E-state index is 12.5. The molecular formula is C15H11F2N9O. The zero-order valence-electron chi connectivity index (χ0n) is 13.6. The fourth-order valence-electron chi connectivity index (χ4n) is 2.20. The van der Waals surface area contributed by atoms with Gasteiger partial charge in [-0.2, -0.15) is 8.78 Å². The first-order valence-electron chi connectivity index (χ1n) is 7.63. The number of alkyl halides is 2. The summed E-state index contributed by atoms with van der Waals surface area (Å²) >= 11 is 0. The van der Waals surface area contributed by atoms with Crippen molar-refractivity contribution < 1.29 is 13.2 Å². The summed E-state index contributed by atoms with van der Waals surface area (Å²) in [5.74, 6) is 0.0397. The van der Waals surface area contributed by atoms with Crippen molar-refractivity contribution in [3.63, 3.8) is 0 Å². The van der Waals surface area contributed by atoms with Crippen LogP contribution in [0.15, 0.2) is 41.3 Å². The fraction of sp³-hybridized carbons (Fsp3) is 0.133. The smallest absolute Gasteiger partial charge is 0.314 e. The monoisotopic (exact) mass is 371 g/mol. The number of pyridine rings is 1. The van der Waals surface area contributed by atoms with Gasteiger partial charge in [-0.25, -0.2) is 19.6 Å². The number of aromatic nitrogens is 8. The molecule has 0 aliphatic rings. The summed E-state index contributed by atoms with van der Waals surface area (Å²) in [5.41, 5.74) is 7.30. The van der Waals surface area contributed by atoms with E-state index in [0.717, 1.165) is 5.56 Å². The number of nitrogens with zero attached hydrogens (tertiary/aromatic N) is 8. The Hall–Kier alpha value is -3.83. The molecule has 0 unspecified atom stereocenters. The first-order chi connectivity index (χ1) is 13.1. The summed E-state index contributed by atoms with van der Waals surface area (Å²) in [7, 11) is 0. The van der Waals surface area contributed by atoms with E-state index in [2.05, 4.69) is 35.5 Å². The quantitative estimate of drug-likeness (QED) is 0.556. The van der Waals surface area contributed by atoms with Gasteiger partial charge in [0.25, 0.3) is 11.8 Å². The van der Waals surface area contributed by atoms with Gasteiger partial charge in [0, 0.05) is 24.2 Å². The van der Waals surface area contributed by atoms with Crippen LogP contribution in [0.25, 0.3) is 22.7 Å². The molecular weight excluding hydrogens is 360 g/mol. The van der Waals surface area contributed by atoms with Crippen LogP contribution >= 0.6 is 0 Å². The minimum atomic E-state index is -2.83. The lowest BCUT2D eigenvalue weighted by Crippen LogP contribution is -2.04. The van der Waals surface area contributed by atoms with Crippen molar-refractivity contribution >= 4 is 5.82 Å². The van der Waals surface area contributed by atoms with Gasteiger partial charge < -0.3 is 10.2 Å². The number of hydrogen-bond acceptors (Lipinski definition) is 9. The van der Waals surface area contributed by atoms with Crippen molar-refractivity contribution in [1.82, 2.24) is 40.1 Å². The number of anilines is 1. The van der Waals surface area contributed by atoms with Crippen LogP contribution in [0, 0.1) is 0 Å². The zero-order valence-corrected chi connectivity index (χ0v) is 13.6. The Balaban J connectivity index is 1.48. The molecule has 0 spiro atoms. The highest BCUT2D eigenvalue weighted by molar-refractivity contribution is 5.57. The lowest BCUT2D eigenvalue weighted by atomic mass is 10.2. The van der Waals surface area contributed by atoms with Gasteiger partial charge in [0.05, 0.1) is 11.8 Å². The Bertz CT molecular complexity index is 1040. The maximum Gasteiger partial charge on any atom is 0.314 e. The lowest BCUT2D eigenvalue weighted by molar-refractivity contribution is 0.116. The van der Waals surface area contributed by atoms with Gasteiger partial charge in [-0.1, -0.05) is 5.21 Å². The topological polar surface area (TPSA) is 134 Å². The van der Waals surface area contributed by atoms with Crippen LogP contribution in [0.3, 0.4) is 0 Å². The van der Waals surface area contributed by atoms with Crippen molar-refractivity contribution in [3.05, 3.63) is 48.6 Å². The molecule has 0 aromatic carbocycles. The third-order valence-electron chi connectivity index (χ3n) is 3.50. The molecule has 0 aliphatic heterocycles. The second-order valence-corrected chi connectivity index (χ2v) is 5.41. The first kappa shape index (κ1) is 16.6. The molecule has 0 saturated heterocycles.